The predicted octanol–water partition coefficient (Wildman–Crippen LogP) is 8.32. The molecule has 1 saturated heterocycles. The normalized spacial score (nSPS) is 19.2. The number of hydrogen-bond acceptors (Lipinski definition) is 6. The number of nitrogens with zero attached hydrogens (tertiary/aromatic N) is 2. The molecule has 1 saturated carbocycles. The molecule has 2 aliphatic heterocycles. The lowest BCUT2D eigenvalue weighted by atomic mass is 9.82. The van der Waals surface area contributed by atoms with Gasteiger partial charge in [-0.05, 0) is 86.7 Å². The number of piperazine rings is 1. The van der Waals surface area contributed by atoms with Gasteiger partial charge in [0.15, 0.2) is 5.60 Å². The van der Waals surface area contributed by atoms with E-state index in [2.05, 4.69) is 21.2 Å². The number of alkyl halides is 3. The molecule has 266 valence electrons. The highest BCUT2D eigenvalue weighted by Crippen LogP contribution is 2.43. The first-order valence-electron chi connectivity index (χ1n) is 16.5. The third kappa shape index (κ3) is 8.37. The number of hydrogen-bond donors (Lipinski definition) is 1. The molecule has 2 heterocycles. The summed E-state index contributed by atoms with van der Waals surface area (Å²) < 4.78 is 31.5. The van der Waals surface area contributed by atoms with E-state index in [9.17, 15) is 14.0 Å². The fraction of sp³-hybridized carbons (Fsp3) is 0.405. The van der Waals surface area contributed by atoms with E-state index < -0.39 is 21.5 Å². The average molecular weight is 810 g/mol. The molecule has 13 heteroatoms. The predicted molar refractivity (Wildman–Crippen MR) is 196 cm³/mol. The summed E-state index contributed by atoms with van der Waals surface area (Å²) in [4.78, 5) is 32.0. The van der Waals surface area contributed by atoms with Crippen LogP contribution in [0.25, 0.3) is 5.57 Å². The van der Waals surface area contributed by atoms with Crippen LogP contribution in [0.4, 0.5) is 9.18 Å². The van der Waals surface area contributed by atoms with Gasteiger partial charge < -0.3 is 24.4 Å². The van der Waals surface area contributed by atoms with Gasteiger partial charge in [0.05, 0.1) is 12.1 Å². The molecule has 8 nitrogen and oxygen atoms in total. The summed E-state index contributed by atoms with van der Waals surface area (Å²) in [6.45, 7) is 4.66. The highest BCUT2D eigenvalue weighted by atomic mass is 79.9. The van der Waals surface area contributed by atoms with Crippen molar-refractivity contribution in [2.24, 2.45) is 0 Å². The Morgan fingerprint density at radius 3 is 2.16 bits per heavy atom. The van der Waals surface area contributed by atoms with Crippen LogP contribution in [0.3, 0.4) is 0 Å². The van der Waals surface area contributed by atoms with Gasteiger partial charge in [0.1, 0.15) is 30.5 Å². The molecule has 2 amide bonds. The van der Waals surface area contributed by atoms with Gasteiger partial charge in [-0.15, -0.1) is 0 Å². The second-order valence-corrected chi connectivity index (χ2v) is 16.3. The molecule has 2 bridgehead atoms. The quantitative estimate of drug-likeness (QED) is 0.155. The number of rotatable bonds is 11. The minimum absolute atomic E-state index is 0.0377. The summed E-state index contributed by atoms with van der Waals surface area (Å²) in [6.07, 6.45) is 1.32. The van der Waals surface area contributed by atoms with Crippen LogP contribution in [0, 0.1) is 5.82 Å². The molecule has 3 aromatic carbocycles. The lowest BCUT2D eigenvalue weighted by Gasteiger charge is -2.48. The Bertz CT molecular complexity index is 1730. The van der Waals surface area contributed by atoms with Crippen LogP contribution in [0.2, 0.25) is 0 Å². The van der Waals surface area contributed by atoms with E-state index in [0.717, 1.165) is 34.2 Å². The van der Waals surface area contributed by atoms with Crippen LogP contribution in [-0.2, 0) is 16.1 Å². The van der Waals surface area contributed by atoms with Gasteiger partial charge in [-0.1, -0.05) is 81.1 Å². The molecule has 50 heavy (non-hydrogen) atoms. The molecule has 0 spiro atoms. The van der Waals surface area contributed by atoms with Gasteiger partial charge in [0.25, 0.3) is 5.91 Å². The smallest absolute Gasteiger partial charge is 0.411 e. The molecule has 3 aromatic rings. The number of ether oxygens (including phenoxy) is 3. The first-order valence-corrected chi connectivity index (χ1v) is 18.4. The number of benzene rings is 3. The maximum atomic E-state index is 14.9. The zero-order chi connectivity index (χ0) is 35.6. The SMILES string of the molecule is CC(C)(OC(=O)N1C2CNC[C@@H]1C(C(=O)N(Cc1ccccc1F)C1CC1)=C(c1ccc(OCCOc3ccc(Br)cc3)cc1)C2)C(Cl)(Cl)Cl. The fourth-order valence-corrected chi connectivity index (χ4v) is 6.65. The molecule has 2 fully saturated rings. The van der Waals surface area contributed by atoms with Crippen LogP contribution in [0.5, 0.6) is 11.5 Å². The molecule has 1 unspecified atom stereocenters. The summed E-state index contributed by atoms with van der Waals surface area (Å²) >= 11 is 21.9. The molecule has 2 atom stereocenters. The third-order valence-electron chi connectivity index (χ3n) is 9.20. The number of carbonyl (C=O) groups excluding carboxylic acids is 2. The minimum Gasteiger partial charge on any atom is -0.490 e. The Kier molecular flexibility index (Phi) is 11.2. The molecule has 6 rings (SSSR count). The standard InChI is InChI=1S/C37H38BrCl3FN3O5/c1-36(2,37(39,40)41)50-35(47)45-27-19-30(23-7-13-28(14-8-23)48-17-18-49-29-15-9-25(38)10-16-29)33(32(45)21-43-20-27)34(46)44(26-11-12-26)22-24-5-3-4-6-31(24)42/h3-10,13-16,26-27,32,43H,11-12,17-22H2,1-2H3/t27?,32-/m1/s1. The monoisotopic (exact) mass is 807 g/mol. The summed E-state index contributed by atoms with van der Waals surface area (Å²) in [5, 5.41) is 3.39. The Balaban J connectivity index is 1.29. The Labute approximate surface area is 314 Å². The van der Waals surface area contributed by atoms with E-state index in [1.165, 1.54) is 19.9 Å². The van der Waals surface area contributed by atoms with Crippen LogP contribution in [-0.4, -0.2) is 75.6 Å². The van der Waals surface area contributed by atoms with Gasteiger partial charge >= 0.3 is 6.09 Å². The highest BCUT2D eigenvalue weighted by Gasteiger charge is 2.50. The highest BCUT2D eigenvalue weighted by molar-refractivity contribution is 9.10. The second kappa shape index (κ2) is 15.3. The van der Waals surface area contributed by atoms with E-state index in [1.807, 2.05) is 48.5 Å². The Morgan fingerprint density at radius 2 is 1.56 bits per heavy atom. The molecule has 3 aliphatic rings. The van der Waals surface area contributed by atoms with E-state index in [0.29, 0.717) is 49.6 Å². The number of nitrogens with one attached hydrogen (secondary N) is 1. The summed E-state index contributed by atoms with van der Waals surface area (Å²) in [5.74, 6) is 0.775. The zero-order valence-corrected chi connectivity index (χ0v) is 31.5. The van der Waals surface area contributed by atoms with Gasteiger partial charge in [-0.25, -0.2) is 9.18 Å². The zero-order valence-electron chi connectivity index (χ0n) is 27.6. The second-order valence-electron chi connectivity index (χ2n) is 13.1. The minimum atomic E-state index is -1.89. The molecule has 0 radical (unpaired) electrons. The topological polar surface area (TPSA) is 80.3 Å². The largest absolute Gasteiger partial charge is 0.490 e. The van der Waals surface area contributed by atoms with Crippen molar-refractivity contribution in [1.29, 1.82) is 0 Å². The van der Waals surface area contributed by atoms with Crippen molar-refractivity contribution in [3.8, 4) is 11.5 Å². The fourth-order valence-electron chi connectivity index (χ4n) is 6.27. The van der Waals surface area contributed by atoms with E-state index in [1.54, 1.807) is 28.0 Å². The lowest BCUT2D eigenvalue weighted by molar-refractivity contribution is -0.129. The van der Waals surface area contributed by atoms with Crippen LogP contribution >= 0.6 is 50.7 Å². The third-order valence-corrected chi connectivity index (χ3v) is 11.1. The van der Waals surface area contributed by atoms with Gasteiger partial charge in [0, 0.05) is 41.3 Å². The molecule has 1 N–H and O–H groups in total. The van der Waals surface area contributed by atoms with Crippen molar-refractivity contribution in [3.05, 3.63) is 99.8 Å². The molecular formula is C37H38BrCl3FN3O5. The Hall–Kier alpha value is -3.02. The Morgan fingerprint density at radius 1 is 0.940 bits per heavy atom. The maximum absolute atomic E-state index is 14.9. The van der Waals surface area contributed by atoms with Gasteiger partial charge in [0.2, 0.25) is 3.79 Å². The summed E-state index contributed by atoms with van der Waals surface area (Å²) in [5.41, 5.74) is 1.09. The van der Waals surface area contributed by atoms with Gasteiger partial charge in [-0.3, -0.25) is 9.69 Å². The average Bonchev–Trinajstić information content (AvgIpc) is 3.91. The van der Waals surface area contributed by atoms with Crippen molar-refractivity contribution >= 4 is 68.3 Å². The van der Waals surface area contributed by atoms with Crippen molar-refractivity contribution in [1.82, 2.24) is 15.1 Å². The maximum Gasteiger partial charge on any atom is 0.411 e. The summed E-state index contributed by atoms with van der Waals surface area (Å²) in [7, 11) is 0. The summed E-state index contributed by atoms with van der Waals surface area (Å²) in [6, 6.07) is 20.6. The molecule has 1 aliphatic carbocycles. The van der Waals surface area contributed by atoms with E-state index >= 15 is 0 Å². The van der Waals surface area contributed by atoms with Crippen LogP contribution in [0.15, 0.2) is 82.8 Å². The molecule has 0 aromatic heterocycles. The first kappa shape index (κ1) is 36.8. The van der Waals surface area contributed by atoms with Crippen LogP contribution < -0.4 is 14.8 Å². The number of halogens is 5. The number of fused-ring (bicyclic) bond motifs is 2. The van der Waals surface area contributed by atoms with Gasteiger partial charge in [-0.2, -0.15) is 0 Å². The number of carbonyl (C=O) groups is 2. The lowest BCUT2D eigenvalue weighted by Crippen LogP contribution is -2.64. The van der Waals surface area contributed by atoms with Crippen molar-refractivity contribution in [2.45, 2.75) is 67.2 Å². The van der Waals surface area contributed by atoms with Crippen molar-refractivity contribution in [3.63, 3.8) is 0 Å². The molecular weight excluding hydrogens is 772 g/mol. The van der Waals surface area contributed by atoms with Crippen molar-refractivity contribution in [2.75, 3.05) is 26.3 Å². The van der Waals surface area contributed by atoms with E-state index in [4.69, 9.17) is 49.0 Å². The first-order chi connectivity index (χ1) is 23.8. The van der Waals surface area contributed by atoms with Crippen molar-refractivity contribution < 1.29 is 28.2 Å². The van der Waals surface area contributed by atoms with E-state index in [-0.39, 0.29) is 30.4 Å². The van der Waals surface area contributed by atoms with Crippen LogP contribution in [0.1, 0.15) is 44.2 Å². The number of amides is 2.